The maximum absolute atomic E-state index is 11.2. The molecule has 0 aliphatic carbocycles. The van der Waals surface area contributed by atoms with Gasteiger partial charge in [-0.3, -0.25) is 4.79 Å². The maximum atomic E-state index is 11.2. The molecule has 0 unspecified atom stereocenters. The molecule has 3 nitrogen and oxygen atoms in total. The molecular weight excluding hydrogens is 156 g/mol. The van der Waals surface area contributed by atoms with Gasteiger partial charge in [0, 0.05) is 12.8 Å². The standard InChI is InChI=1S/C9H12O3/c1-3-4-9(7(2)10)5-6-12-8(9)11/h1,7,10H,4-6H2,2H3/t7-,9-/m1/s1. The predicted molar refractivity (Wildman–Crippen MR) is 43.1 cm³/mol. The molecule has 1 heterocycles. The number of esters is 1. The summed E-state index contributed by atoms with van der Waals surface area (Å²) < 4.78 is 4.79. The van der Waals surface area contributed by atoms with E-state index in [9.17, 15) is 9.90 Å². The molecule has 0 aromatic rings. The van der Waals surface area contributed by atoms with Crippen LogP contribution in [0, 0.1) is 17.8 Å². The smallest absolute Gasteiger partial charge is 0.315 e. The van der Waals surface area contributed by atoms with Crippen LogP contribution in [0.3, 0.4) is 0 Å². The number of terminal acetylenes is 1. The van der Waals surface area contributed by atoms with Crippen molar-refractivity contribution in [1.82, 2.24) is 0 Å². The van der Waals surface area contributed by atoms with Gasteiger partial charge in [-0.2, -0.15) is 0 Å². The van der Waals surface area contributed by atoms with Crippen molar-refractivity contribution in [3.8, 4) is 12.3 Å². The van der Waals surface area contributed by atoms with E-state index in [0.29, 0.717) is 13.0 Å². The highest BCUT2D eigenvalue weighted by Gasteiger charge is 2.47. The molecule has 0 aromatic carbocycles. The normalized spacial score (nSPS) is 30.9. The van der Waals surface area contributed by atoms with E-state index in [1.165, 1.54) is 0 Å². The maximum Gasteiger partial charge on any atom is 0.315 e. The number of rotatable bonds is 2. The summed E-state index contributed by atoms with van der Waals surface area (Å²) in [6, 6.07) is 0. The third-order valence-corrected chi connectivity index (χ3v) is 2.41. The number of aliphatic hydroxyl groups is 1. The van der Waals surface area contributed by atoms with Crippen LogP contribution in [0.5, 0.6) is 0 Å². The molecule has 1 N–H and O–H groups in total. The lowest BCUT2D eigenvalue weighted by atomic mass is 9.78. The summed E-state index contributed by atoms with van der Waals surface area (Å²) in [5.41, 5.74) is -0.839. The van der Waals surface area contributed by atoms with Crippen LogP contribution in [0.25, 0.3) is 0 Å². The Morgan fingerprint density at radius 1 is 1.92 bits per heavy atom. The number of hydrogen-bond donors (Lipinski definition) is 1. The van der Waals surface area contributed by atoms with Crippen LogP contribution in [-0.4, -0.2) is 23.8 Å². The first-order valence-electron chi connectivity index (χ1n) is 3.92. The van der Waals surface area contributed by atoms with E-state index in [4.69, 9.17) is 11.2 Å². The van der Waals surface area contributed by atoms with Crippen LogP contribution in [0.15, 0.2) is 0 Å². The Labute approximate surface area is 71.7 Å². The second-order valence-corrected chi connectivity index (χ2v) is 3.10. The third-order valence-electron chi connectivity index (χ3n) is 2.41. The molecule has 12 heavy (non-hydrogen) atoms. The van der Waals surface area contributed by atoms with E-state index in [-0.39, 0.29) is 12.4 Å². The van der Waals surface area contributed by atoms with Gasteiger partial charge in [0.15, 0.2) is 0 Å². The van der Waals surface area contributed by atoms with E-state index in [1.54, 1.807) is 6.92 Å². The average molecular weight is 168 g/mol. The van der Waals surface area contributed by atoms with Crippen LogP contribution in [0.2, 0.25) is 0 Å². The minimum absolute atomic E-state index is 0.253. The Balaban J connectivity index is 2.87. The number of hydrogen-bond acceptors (Lipinski definition) is 3. The number of carbonyl (C=O) groups excluding carboxylic acids is 1. The van der Waals surface area contributed by atoms with Crippen molar-refractivity contribution >= 4 is 5.97 Å². The number of ether oxygens (including phenoxy) is 1. The lowest BCUT2D eigenvalue weighted by Gasteiger charge is -2.24. The van der Waals surface area contributed by atoms with E-state index in [1.807, 2.05) is 0 Å². The minimum Gasteiger partial charge on any atom is -0.465 e. The van der Waals surface area contributed by atoms with Crippen LogP contribution in [-0.2, 0) is 9.53 Å². The first-order chi connectivity index (χ1) is 5.63. The van der Waals surface area contributed by atoms with Crippen LogP contribution < -0.4 is 0 Å². The van der Waals surface area contributed by atoms with E-state index < -0.39 is 11.5 Å². The highest BCUT2D eigenvalue weighted by atomic mass is 16.5. The topological polar surface area (TPSA) is 46.5 Å². The van der Waals surface area contributed by atoms with Gasteiger partial charge in [-0.25, -0.2) is 0 Å². The summed E-state index contributed by atoms with van der Waals surface area (Å²) in [4.78, 5) is 11.2. The van der Waals surface area contributed by atoms with Gasteiger partial charge in [0.1, 0.15) is 5.41 Å². The van der Waals surface area contributed by atoms with Crippen molar-refractivity contribution in [1.29, 1.82) is 0 Å². The molecule has 0 bridgehead atoms. The average Bonchev–Trinajstić information content (AvgIpc) is 2.34. The summed E-state index contributed by atoms with van der Waals surface area (Å²) >= 11 is 0. The first kappa shape index (κ1) is 9.08. The van der Waals surface area contributed by atoms with Crippen LogP contribution in [0.1, 0.15) is 19.8 Å². The Kier molecular flexibility index (Phi) is 2.39. The summed E-state index contributed by atoms with van der Waals surface area (Å²) in [5, 5.41) is 9.41. The summed E-state index contributed by atoms with van der Waals surface area (Å²) in [7, 11) is 0. The molecule has 1 fully saturated rings. The molecule has 0 spiro atoms. The third kappa shape index (κ3) is 1.19. The van der Waals surface area contributed by atoms with E-state index >= 15 is 0 Å². The number of cyclic esters (lactones) is 1. The molecule has 1 aliphatic rings. The molecule has 0 saturated carbocycles. The van der Waals surface area contributed by atoms with Crippen molar-refractivity contribution in [2.45, 2.75) is 25.9 Å². The van der Waals surface area contributed by atoms with Gasteiger partial charge in [0.25, 0.3) is 0 Å². The lowest BCUT2D eigenvalue weighted by Crippen LogP contribution is -2.37. The van der Waals surface area contributed by atoms with Crippen molar-refractivity contribution in [3.05, 3.63) is 0 Å². The highest BCUT2D eigenvalue weighted by Crippen LogP contribution is 2.36. The molecule has 3 heteroatoms. The molecule has 0 amide bonds. The van der Waals surface area contributed by atoms with Gasteiger partial charge in [-0.1, -0.05) is 0 Å². The van der Waals surface area contributed by atoms with Crippen LogP contribution in [0.4, 0.5) is 0 Å². The monoisotopic (exact) mass is 168 g/mol. The second kappa shape index (κ2) is 3.16. The fraction of sp³-hybridized carbons (Fsp3) is 0.667. The van der Waals surface area contributed by atoms with Gasteiger partial charge < -0.3 is 9.84 Å². The zero-order valence-corrected chi connectivity index (χ0v) is 7.04. The highest BCUT2D eigenvalue weighted by molar-refractivity contribution is 5.79. The SMILES string of the molecule is C#CC[C@]1([C@@H](C)O)CCOC1=O. The van der Waals surface area contributed by atoms with E-state index in [2.05, 4.69) is 5.92 Å². The van der Waals surface area contributed by atoms with Crippen molar-refractivity contribution in [3.63, 3.8) is 0 Å². The second-order valence-electron chi connectivity index (χ2n) is 3.10. The van der Waals surface area contributed by atoms with Crippen molar-refractivity contribution in [2.24, 2.45) is 5.41 Å². The van der Waals surface area contributed by atoms with Crippen LogP contribution >= 0.6 is 0 Å². The summed E-state index contributed by atoms with van der Waals surface area (Å²) in [6.07, 6.45) is 5.17. The lowest BCUT2D eigenvalue weighted by molar-refractivity contribution is -0.150. The predicted octanol–water partition coefficient (Wildman–Crippen LogP) is 0.324. The molecular formula is C9H12O3. The summed E-state index contributed by atoms with van der Waals surface area (Å²) in [6.45, 7) is 1.94. The zero-order chi connectivity index (χ0) is 9.19. The van der Waals surface area contributed by atoms with Gasteiger partial charge in [-0.15, -0.1) is 12.3 Å². The van der Waals surface area contributed by atoms with Gasteiger partial charge in [0.2, 0.25) is 0 Å². The molecule has 0 radical (unpaired) electrons. The fourth-order valence-electron chi connectivity index (χ4n) is 1.44. The molecule has 1 saturated heterocycles. The van der Waals surface area contributed by atoms with Gasteiger partial charge >= 0.3 is 5.97 Å². The molecule has 2 atom stereocenters. The number of carbonyl (C=O) groups is 1. The Morgan fingerprint density at radius 2 is 2.58 bits per heavy atom. The zero-order valence-electron chi connectivity index (χ0n) is 7.04. The van der Waals surface area contributed by atoms with Crippen molar-refractivity contribution in [2.75, 3.05) is 6.61 Å². The minimum atomic E-state index is -0.839. The Morgan fingerprint density at radius 3 is 2.92 bits per heavy atom. The Hall–Kier alpha value is -1.01. The van der Waals surface area contributed by atoms with Crippen molar-refractivity contribution < 1.29 is 14.6 Å². The Bertz CT molecular complexity index is 226. The summed E-state index contributed by atoms with van der Waals surface area (Å²) in [5.74, 6) is 2.04. The fourth-order valence-corrected chi connectivity index (χ4v) is 1.44. The number of aliphatic hydroxyl groups excluding tert-OH is 1. The van der Waals surface area contributed by atoms with Gasteiger partial charge in [-0.05, 0) is 6.92 Å². The largest absolute Gasteiger partial charge is 0.465 e. The molecule has 1 aliphatic heterocycles. The molecule has 66 valence electrons. The first-order valence-corrected chi connectivity index (χ1v) is 3.92. The molecule has 1 rings (SSSR count). The van der Waals surface area contributed by atoms with Gasteiger partial charge in [0.05, 0.1) is 12.7 Å². The quantitative estimate of drug-likeness (QED) is 0.477. The molecule has 0 aromatic heterocycles. The van der Waals surface area contributed by atoms with E-state index in [0.717, 1.165) is 0 Å².